The Balaban J connectivity index is 1.74. The fraction of sp³-hybridized carbons (Fsp3) is 0.471. The molecular formula is C17H22N2O2. The maximum atomic E-state index is 11.6. The molecule has 112 valence electrons. The van der Waals surface area contributed by atoms with Crippen molar-refractivity contribution in [2.45, 2.75) is 50.6 Å². The maximum absolute atomic E-state index is 11.6. The number of H-pyrrole nitrogens is 1. The van der Waals surface area contributed by atoms with Crippen LogP contribution in [0.15, 0.2) is 30.5 Å². The van der Waals surface area contributed by atoms with Crippen LogP contribution >= 0.6 is 0 Å². The van der Waals surface area contributed by atoms with Crippen molar-refractivity contribution < 1.29 is 9.90 Å². The van der Waals surface area contributed by atoms with Crippen LogP contribution in [0.3, 0.4) is 0 Å². The van der Waals surface area contributed by atoms with E-state index in [0.717, 1.165) is 29.3 Å². The van der Waals surface area contributed by atoms with Gasteiger partial charge in [-0.2, -0.15) is 0 Å². The molecule has 1 aliphatic carbocycles. The average Bonchev–Trinajstić information content (AvgIpc) is 2.91. The molecule has 1 atom stereocenters. The molecule has 2 aromatic rings. The number of carboxylic acid groups (broad SMARTS) is 1. The molecule has 1 aliphatic rings. The Morgan fingerprint density at radius 2 is 2.05 bits per heavy atom. The Morgan fingerprint density at radius 3 is 2.81 bits per heavy atom. The van der Waals surface area contributed by atoms with Gasteiger partial charge in [-0.3, -0.25) is 4.79 Å². The second-order valence-electron chi connectivity index (χ2n) is 5.96. The number of para-hydroxylation sites is 1. The van der Waals surface area contributed by atoms with E-state index in [9.17, 15) is 9.90 Å². The molecule has 0 amide bonds. The molecule has 1 unspecified atom stereocenters. The van der Waals surface area contributed by atoms with E-state index in [0.29, 0.717) is 12.5 Å². The average molecular weight is 286 g/mol. The van der Waals surface area contributed by atoms with Gasteiger partial charge >= 0.3 is 5.97 Å². The fourth-order valence-corrected chi connectivity index (χ4v) is 3.29. The van der Waals surface area contributed by atoms with Gasteiger partial charge in [0.1, 0.15) is 6.04 Å². The first kappa shape index (κ1) is 14.1. The van der Waals surface area contributed by atoms with Gasteiger partial charge in [0, 0.05) is 29.6 Å². The SMILES string of the molecule is O=C(O)C(Cc1c[nH]c2ccccc12)NC1CCCCC1. The molecule has 0 aliphatic heterocycles. The zero-order valence-corrected chi connectivity index (χ0v) is 12.1. The first-order chi connectivity index (χ1) is 10.2. The van der Waals surface area contributed by atoms with Gasteiger partial charge in [0.2, 0.25) is 0 Å². The third-order valence-electron chi connectivity index (χ3n) is 4.44. The molecule has 0 bridgehead atoms. The summed E-state index contributed by atoms with van der Waals surface area (Å²) in [7, 11) is 0. The minimum absolute atomic E-state index is 0.352. The molecule has 4 nitrogen and oxygen atoms in total. The van der Waals surface area contributed by atoms with Crippen molar-refractivity contribution in [3.05, 3.63) is 36.0 Å². The normalized spacial score (nSPS) is 17.9. The summed E-state index contributed by atoms with van der Waals surface area (Å²) in [6.45, 7) is 0. The van der Waals surface area contributed by atoms with Crippen LogP contribution in [0.2, 0.25) is 0 Å². The Kier molecular flexibility index (Phi) is 4.25. The molecule has 21 heavy (non-hydrogen) atoms. The minimum atomic E-state index is -0.758. The first-order valence-electron chi connectivity index (χ1n) is 7.78. The first-order valence-corrected chi connectivity index (χ1v) is 7.78. The van der Waals surface area contributed by atoms with Gasteiger partial charge in [0.05, 0.1) is 0 Å². The van der Waals surface area contributed by atoms with Crippen molar-refractivity contribution in [1.29, 1.82) is 0 Å². The topological polar surface area (TPSA) is 65.1 Å². The quantitative estimate of drug-likeness (QED) is 0.791. The number of hydrogen-bond donors (Lipinski definition) is 3. The summed E-state index contributed by atoms with van der Waals surface area (Å²) in [4.78, 5) is 14.8. The summed E-state index contributed by atoms with van der Waals surface area (Å²) in [5.74, 6) is -0.758. The van der Waals surface area contributed by atoms with Crippen LogP contribution in [0.4, 0.5) is 0 Å². The van der Waals surface area contributed by atoms with Gasteiger partial charge < -0.3 is 15.4 Å². The molecule has 3 N–H and O–H groups in total. The lowest BCUT2D eigenvalue weighted by Crippen LogP contribution is -2.45. The number of rotatable bonds is 5. The molecule has 1 fully saturated rings. The van der Waals surface area contributed by atoms with Crippen molar-refractivity contribution in [2.75, 3.05) is 0 Å². The number of aromatic nitrogens is 1. The van der Waals surface area contributed by atoms with Gasteiger partial charge in [0.15, 0.2) is 0 Å². The van der Waals surface area contributed by atoms with E-state index in [1.165, 1.54) is 19.3 Å². The van der Waals surface area contributed by atoms with E-state index < -0.39 is 12.0 Å². The number of aromatic amines is 1. The van der Waals surface area contributed by atoms with Gasteiger partial charge in [0.25, 0.3) is 0 Å². The molecule has 1 aromatic heterocycles. The molecule has 3 rings (SSSR count). The summed E-state index contributed by atoms with van der Waals surface area (Å²) in [6, 6.07) is 7.88. The van der Waals surface area contributed by atoms with E-state index in [4.69, 9.17) is 0 Å². The second-order valence-corrected chi connectivity index (χ2v) is 5.96. The van der Waals surface area contributed by atoms with Crippen LogP contribution in [0.25, 0.3) is 10.9 Å². The molecule has 0 radical (unpaired) electrons. The number of nitrogens with one attached hydrogen (secondary N) is 2. The lowest BCUT2D eigenvalue weighted by molar-refractivity contribution is -0.139. The number of carboxylic acids is 1. The van der Waals surface area contributed by atoms with Crippen molar-refractivity contribution in [2.24, 2.45) is 0 Å². The zero-order valence-electron chi connectivity index (χ0n) is 12.1. The highest BCUT2D eigenvalue weighted by Gasteiger charge is 2.24. The summed E-state index contributed by atoms with van der Waals surface area (Å²) < 4.78 is 0. The molecule has 1 aromatic carbocycles. The van der Waals surface area contributed by atoms with E-state index in [1.807, 2.05) is 30.5 Å². The van der Waals surface area contributed by atoms with Crippen LogP contribution in [0.1, 0.15) is 37.7 Å². The smallest absolute Gasteiger partial charge is 0.321 e. The van der Waals surface area contributed by atoms with E-state index in [-0.39, 0.29) is 0 Å². The second kappa shape index (κ2) is 6.31. The lowest BCUT2D eigenvalue weighted by atomic mass is 9.94. The number of fused-ring (bicyclic) bond motifs is 1. The fourth-order valence-electron chi connectivity index (χ4n) is 3.29. The predicted octanol–water partition coefficient (Wildman–Crippen LogP) is 3.09. The summed E-state index contributed by atoms with van der Waals surface area (Å²) in [6.07, 6.45) is 8.33. The Morgan fingerprint density at radius 1 is 1.29 bits per heavy atom. The van der Waals surface area contributed by atoms with Crippen LogP contribution in [0.5, 0.6) is 0 Å². The maximum Gasteiger partial charge on any atom is 0.321 e. The Hall–Kier alpha value is -1.81. The number of carbonyl (C=O) groups is 1. The highest BCUT2D eigenvalue weighted by Crippen LogP contribution is 2.21. The highest BCUT2D eigenvalue weighted by atomic mass is 16.4. The van der Waals surface area contributed by atoms with E-state index in [1.54, 1.807) is 0 Å². The van der Waals surface area contributed by atoms with Gasteiger partial charge in [-0.1, -0.05) is 37.5 Å². The van der Waals surface area contributed by atoms with E-state index in [2.05, 4.69) is 10.3 Å². The highest BCUT2D eigenvalue weighted by molar-refractivity contribution is 5.84. The predicted molar refractivity (Wildman–Crippen MR) is 83.4 cm³/mol. The Labute approximate surface area is 124 Å². The summed E-state index contributed by atoms with van der Waals surface area (Å²) in [5, 5.41) is 14.0. The lowest BCUT2D eigenvalue weighted by Gasteiger charge is -2.26. The molecule has 0 saturated heterocycles. The third kappa shape index (κ3) is 3.27. The van der Waals surface area contributed by atoms with Crippen LogP contribution in [-0.2, 0) is 11.2 Å². The molecular weight excluding hydrogens is 264 g/mol. The van der Waals surface area contributed by atoms with Crippen LogP contribution in [-0.4, -0.2) is 28.1 Å². The van der Waals surface area contributed by atoms with Crippen molar-refractivity contribution >= 4 is 16.9 Å². The minimum Gasteiger partial charge on any atom is -0.480 e. The number of aliphatic carboxylic acids is 1. The van der Waals surface area contributed by atoms with Gasteiger partial charge in [-0.15, -0.1) is 0 Å². The van der Waals surface area contributed by atoms with Gasteiger partial charge in [-0.25, -0.2) is 0 Å². The Bertz CT molecular complexity index is 614. The number of hydrogen-bond acceptors (Lipinski definition) is 2. The molecule has 1 saturated carbocycles. The monoisotopic (exact) mass is 286 g/mol. The standard InChI is InChI=1S/C17H22N2O2/c20-17(21)16(19-13-6-2-1-3-7-13)10-12-11-18-15-9-5-4-8-14(12)15/h4-5,8-9,11,13,16,18-19H,1-3,6-7,10H2,(H,20,21). The zero-order chi connectivity index (χ0) is 14.7. The summed E-state index contributed by atoms with van der Waals surface area (Å²) >= 11 is 0. The largest absolute Gasteiger partial charge is 0.480 e. The van der Waals surface area contributed by atoms with Crippen molar-refractivity contribution in [3.8, 4) is 0 Å². The van der Waals surface area contributed by atoms with Crippen LogP contribution < -0.4 is 5.32 Å². The summed E-state index contributed by atoms with van der Waals surface area (Å²) in [5.41, 5.74) is 2.13. The van der Waals surface area contributed by atoms with Crippen LogP contribution in [0, 0.1) is 0 Å². The molecule has 4 heteroatoms. The molecule has 0 spiro atoms. The molecule has 1 heterocycles. The van der Waals surface area contributed by atoms with Crippen molar-refractivity contribution in [1.82, 2.24) is 10.3 Å². The van der Waals surface area contributed by atoms with Gasteiger partial charge in [-0.05, 0) is 24.5 Å². The number of benzene rings is 1. The third-order valence-corrected chi connectivity index (χ3v) is 4.44. The van der Waals surface area contributed by atoms with Crippen molar-refractivity contribution in [3.63, 3.8) is 0 Å². The van der Waals surface area contributed by atoms with E-state index >= 15 is 0 Å².